The Kier molecular flexibility index (Phi) is 3.46. The Balaban J connectivity index is 1.67. The quantitative estimate of drug-likeness (QED) is 0.526. The predicted molar refractivity (Wildman–Crippen MR) is 55.7 cm³/mol. The fourth-order valence-electron chi connectivity index (χ4n) is 1.98. The molecular weight excluding hydrogens is 194 g/mol. The number of epoxide rings is 1. The maximum atomic E-state index is 11.6. The minimum Gasteiger partial charge on any atom is -0.449 e. The summed E-state index contributed by atoms with van der Waals surface area (Å²) in [7, 11) is 0. The zero-order chi connectivity index (χ0) is 10.7. The van der Waals surface area contributed by atoms with Gasteiger partial charge >= 0.3 is 6.09 Å². The summed E-state index contributed by atoms with van der Waals surface area (Å²) < 4.78 is 10.4. The fraction of sp³-hybridized carbons (Fsp3) is 0.909. The third-order valence-electron chi connectivity index (χ3n) is 3.09. The zero-order valence-corrected chi connectivity index (χ0v) is 9.28. The molecule has 2 atom stereocenters. The molecule has 2 saturated heterocycles. The average Bonchev–Trinajstić information content (AvgIpc) is 2.97. The molecule has 2 aliphatic rings. The predicted octanol–water partition coefficient (Wildman–Crippen LogP) is 1.64. The van der Waals surface area contributed by atoms with Gasteiger partial charge < -0.3 is 14.4 Å². The number of carbonyl (C=O) groups is 1. The van der Waals surface area contributed by atoms with Crippen LogP contribution in [0.25, 0.3) is 0 Å². The van der Waals surface area contributed by atoms with Gasteiger partial charge in [-0.25, -0.2) is 4.79 Å². The molecule has 2 aliphatic heterocycles. The summed E-state index contributed by atoms with van der Waals surface area (Å²) in [5.41, 5.74) is 0. The Morgan fingerprint density at radius 2 is 2.40 bits per heavy atom. The maximum Gasteiger partial charge on any atom is 0.409 e. The first kappa shape index (κ1) is 10.7. The normalized spacial score (nSPS) is 29.3. The van der Waals surface area contributed by atoms with Gasteiger partial charge in [0.25, 0.3) is 0 Å². The van der Waals surface area contributed by atoms with Crippen LogP contribution >= 0.6 is 0 Å². The van der Waals surface area contributed by atoms with Gasteiger partial charge in [0, 0.05) is 19.0 Å². The van der Waals surface area contributed by atoms with Crippen molar-refractivity contribution < 1.29 is 14.3 Å². The monoisotopic (exact) mass is 213 g/mol. The smallest absolute Gasteiger partial charge is 0.409 e. The first-order valence-corrected chi connectivity index (χ1v) is 5.84. The van der Waals surface area contributed by atoms with Crippen LogP contribution in [-0.4, -0.2) is 43.4 Å². The van der Waals surface area contributed by atoms with Crippen LogP contribution in [-0.2, 0) is 9.47 Å². The molecule has 0 saturated carbocycles. The Morgan fingerprint density at radius 3 is 3.07 bits per heavy atom. The van der Waals surface area contributed by atoms with Gasteiger partial charge in [0.05, 0.1) is 19.3 Å². The van der Waals surface area contributed by atoms with Crippen LogP contribution in [0.4, 0.5) is 4.79 Å². The number of hydrogen-bond acceptors (Lipinski definition) is 3. The van der Waals surface area contributed by atoms with E-state index >= 15 is 0 Å². The summed E-state index contributed by atoms with van der Waals surface area (Å²) in [6.07, 6.45) is 3.35. The van der Waals surface area contributed by atoms with Crippen molar-refractivity contribution in [1.29, 1.82) is 0 Å². The lowest BCUT2D eigenvalue weighted by Crippen LogP contribution is -2.30. The number of likely N-dealkylation sites (tertiary alicyclic amines) is 1. The van der Waals surface area contributed by atoms with Gasteiger partial charge in [0.2, 0.25) is 0 Å². The molecule has 2 rings (SSSR count). The van der Waals surface area contributed by atoms with Crippen molar-refractivity contribution >= 4 is 6.09 Å². The first-order chi connectivity index (χ1) is 7.31. The molecule has 0 aromatic carbocycles. The second-order valence-corrected chi connectivity index (χ2v) is 4.33. The third kappa shape index (κ3) is 2.84. The largest absolute Gasteiger partial charge is 0.449 e. The lowest BCUT2D eigenvalue weighted by Gasteiger charge is -2.15. The van der Waals surface area contributed by atoms with Crippen LogP contribution in [0.2, 0.25) is 0 Å². The second-order valence-electron chi connectivity index (χ2n) is 4.33. The van der Waals surface area contributed by atoms with Crippen LogP contribution in [0.1, 0.15) is 26.2 Å². The SMILES string of the molecule is CCCCOC(=O)N1CCC([C@H]2CO2)C1. The summed E-state index contributed by atoms with van der Waals surface area (Å²) in [6.45, 7) is 5.16. The molecule has 15 heavy (non-hydrogen) atoms. The number of rotatable bonds is 4. The van der Waals surface area contributed by atoms with Gasteiger partial charge in [0.1, 0.15) is 0 Å². The van der Waals surface area contributed by atoms with Crippen LogP contribution < -0.4 is 0 Å². The number of ether oxygens (including phenoxy) is 2. The molecule has 4 nitrogen and oxygen atoms in total. The maximum absolute atomic E-state index is 11.6. The van der Waals surface area contributed by atoms with E-state index in [2.05, 4.69) is 6.92 Å². The van der Waals surface area contributed by atoms with Gasteiger partial charge in [-0.3, -0.25) is 0 Å². The Bertz CT molecular complexity index is 228. The van der Waals surface area contributed by atoms with Gasteiger partial charge in [-0.15, -0.1) is 0 Å². The molecule has 0 aliphatic carbocycles. The Morgan fingerprint density at radius 1 is 1.60 bits per heavy atom. The van der Waals surface area contributed by atoms with Gasteiger partial charge in [0.15, 0.2) is 0 Å². The molecule has 1 amide bonds. The molecule has 0 radical (unpaired) electrons. The van der Waals surface area contributed by atoms with Crippen LogP contribution in [0, 0.1) is 5.92 Å². The molecule has 2 heterocycles. The summed E-state index contributed by atoms with van der Waals surface area (Å²) >= 11 is 0. The van der Waals surface area contributed by atoms with E-state index < -0.39 is 0 Å². The van der Waals surface area contributed by atoms with Crippen molar-refractivity contribution in [3.63, 3.8) is 0 Å². The van der Waals surface area contributed by atoms with E-state index in [0.717, 1.165) is 39.0 Å². The van der Waals surface area contributed by atoms with Gasteiger partial charge in [-0.1, -0.05) is 13.3 Å². The topological polar surface area (TPSA) is 42.1 Å². The second kappa shape index (κ2) is 4.84. The van der Waals surface area contributed by atoms with Crippen molar-refractivity contribution in [3.8, 4) is 0 Å². The summed E-state index contributed by atoms with van der Waals surface area (Å²) in [5.74, 6) is 0.545. The highest BCUT2D eigenvalue weighted by molar-refractivity contribution is 5.67. The van der Waals surface area contributed by atoms with E-state index in [1.807, 2.05) is 4.90 Å². The van der Waals surface area contributed by atoms with E-state index in [1.165, 1.54) is 0 Å². The summed E-state index contributed by atoms with van der Waals surface area (Å²) in [4.78, 5) is 13.4. The number of amides is 1. The molecular formula is C11H19NO3. The number of hydrogen-bond donors (Lipinski definition) is 0. The van der Waals surface area contributed by atoms with Gasteiger partial charge in [-0.2, -0.15) is 0 Å². The molecule has 0 N–H and O–H groups in total. The van der Waals surface area contributed by atoms with E-state index in [-0.39, 0.29) is 6.09 Å². The number of carbonyl (C=O) groups excluding carboxylic acids is 1. The minimum atomic E-state index is -0.147. The lowest BCUT2D eigenvalue weighted by atomic mass is 10.1. The number of unbranched alkanes of at least 4 members (excludes halogenated alkanes) is 1. The molecule has 86 valence electrons. The van der Waals surface area contributed by atoms with Crippen LogP contribution in [0.3, 0.4) is 0 Å². The van der Waals surface area contributed by atoms with E-state index in [0.29, 0.717) is 18.6 Å². The highest BCUT2D eigenvalue weighted by atomic mass is 16.6. The fourth-order valence-corrected chi connectivity index (χ4v) is 1.98. The molecule has 4 heteroatoms. The Hall–Kier alpha value is -0.770. The molecule has 0 aromatic rings. The summed E-state index contributed by atoms with van der Waals surface area (Å²) in [5, 5.41) is 0. The number of nitrogens with zero attached hydrogens (tertiary/aromatic N) is 1. The van der Waals surface area contributed by atoms with Crippen molar-refractivity contribution in [2.24, 2.45) is 5.92 Å². The first-order valence-electron chi connectivity index (χ1n) is 5.84. The van der Waals surface area contributed by atoms with E-state index in [9.17, 15) is 4.79 Å². The zero-order valence-electron chi connectivity index (χ0n) is 9.28. The molecule has 0 spiro atoms. The van der Waals surface area contributed by atoms with Crippen LogP contribution in [0.15, 0.2) is 0 Å². The minimum absolute atomic E-state index is 0.147. The highest BCUT2D eigenvalue weighted by Crippen LogP contribution is 2.28. The lowest BCUT2D eigenvalue weighted by molar-refractivity contribution is 0.107. The third-order valence-corrected chi connectivity index (χ3v) is 3.09. The van der Waals surface area contributed by atoms with Gasteiger partial charge in [-0.05, 0) is 12.8 Å². The summed E-state index contributed by atoms with van der Waals surface area (Å²) in [6, 6.07) is 0. The average molecular weight is 213 g/mol. The van der Waals surface area contributed by atoms with E-state index in [1.54, 1.807) is 0 Å². The molecule has 0 aromatic heterocycles. The van der Waals surface area contributed by atoms with Crippen LogP contribution in [0.5, 0.6) is 0 Å². The highest BCUT2D eigenvalue weighted by Gasteiger charge is 2.38. The van der Waals surface area contributed by atoms with Crippen molar-refractivity contribution in [1.82, 2.24) is 4.90 Å². The van der Waals surface area contributed by atoms with E-state index in [4.69, 9.17) is 9.47 Å². The molecule has 1 unspecified atom stereocenters. The van der Waals surface area contributed by atoms with Crippen molar-refractivity contribution in [3.05, 3.63) is 0 Å². The van der Waals surface area contributed by atoms with Crippen molar-refractivity contribution in [2.75, 3.05) is 26.3 Å². The molecule has 2 fully saturated rings. The standard InChI is InChI=1S/C11H19NO3/c1-2-3-6-14-11(13)12-5-4-9(7-12)10-8-15-10/h9-10H,2-8H2,1H3/t9?,10-/m1/s1. The molecule has 0 bridgehead atoms. The van der Waals surface area contributed by atoms with Crippen molar-refractivity contribution in [2.45, 2.75) is 32.3 Å². The Labute approximate surface area is 90.5 Å².